The van der Waals surface area contributed by atoms with Crippen molar-refractivity contribution in [1.29, 1.82) is 0 Å². The van der Waals surface area contributed by atoms with Gasteiger partial charge in [-0.3, -0.25) is 9.78 Å². The molecule has 0 unspecified atom stereocenters. The van der Waals surface area contributed by atoms with Gasteiger partial charge in [0.1, 0.15) is 11.5 Å². The summed E-state index contributed by atoms with van der Waals surface area (Å²) in [7, 11) is 3.21. The molecule has 2 aromatic rings. The van der Waals surface area contributed by atoms with Gasteiger partial charge in [0.2, 0.25) is 0 Å². The van der Waals surface area contributed by atoms with Gasteiger partial charge in [0.15, 0.2) is 0 Å². The molecule has 0 aliphatic rings. The SMILES string of the molecule is COc1ccc(OC)c(-c2cncc(C(=O)NC(C)C)c2)c1. The summed E-state index contributed by atoms with van der Waals surface area (Å²) in [5.41, 5.74) is 2.14. The van der Waals surface area contributed by atoms with Crippen LogP contribution in [0.5, 0.6) is 11.5 Å². The molecule has 2 rings (SSSR count). The molecule has 0 radical (unpaired) electrons. The van der Waals surface area contributed by atoms with Gasteiger partial charge >= 0.3 is 0 Å². The van der Waals surface area contributed by atoms with E-state index in [0.717, 1.165) is 11.1 Å². The lowest BCUT2D eigenvalue weighted by Gasteiger charge is -2.12. The monoisotopic (exact) mass is 300 g/mol. The predicted octanol–water partition coefficient (Wildman–Crippen LogP) is 2.90. The number of rotatable bonds is 5. The second kappa shape index (κ2) is 6.93. The van der Waals surface area contributed by atoms with E-state index in [1.54, 1.807) is 32.7 Å². The van der Waals surface area contributed by atoms with Crippen LogP contribution in [0, 0.1) is 0 Å². The zero-order valence-electron chi connectivity index (χ0n) is 13.2. The molecular formula is C17H20N2O3. The average molecular weight is 300 g/mol. The summed E-state index contributed by atoms with van der Waals surface area (Å²) in [4.78, 5) is 16.3. The number of nitrogens with zero attached hydrogens (tertiary/aromatic N) is 1. The number of ether oxygens (including phenoxy) is 2. The lowest BCUT2D eigenvalue weighted by Crippen LogP contribution is -2.30. The first-order valence-corrected chi connectivity index (χ1v) is 7.03. The first kappa shape index (κ1) is 15.8. The third-order valence-electron chi connectivity index (χ3n) is 3.14. The highest BCUT2D eigenvalue weighted by Gasteiger charge is 2.12. The second-order valence-corrected chi connectivity index (χ2v) is 5.16. The number of aromatic nitrogens is 1. The molecule has 0 saturated heterocycles. The van der Waals surface area contributed by atoms with Gasteiger partial charge in [0.05, 0.1) is 19.8 Å². The fraction of sp³-hybridized carbons (Fsp3) is 0.294. The zero-order valence-corrected chi connectivity index (χ0v) is 13.2. The molecule has 0 fully saturated rings. The number of pyridine rings is 1. The molecule has 1 amide bonds. The molecule has 0 saturated carbocycles. The molecule has 1 aromatic heterocycles. The van der Waals surface area contributed by atoms with Gasteiger partial charge in [0, 0.05) is 29.6 Å². The van der Waals surface area contributed by atoms with Gasteiger partial charge < -0.3 is 14.8 Å². The Morgan fingerprint density at radius 1 is 1.14 bits per heavy atom. The molecule has 1 aromatic carbocycles. The molecule has 0 aliphatic heterocycles. The first-order valence-electron chi connectivity index (χ1n) is 7.03. The lowest BCUT2D eigenvalue weighted by molar-refractivity contribution is 0.0943. The Kier molecular flexibility index (Phi) is 4.99. The highest BCUT2D eigenvalue weighted by atomic mass is 16.5. The first-order chi connectivity index (χ1) is 10.5. The van der Waals surface area contributed by atoms with Crippen molar-refractivity contribution in [3.63, 3.8) is 0 Å². The minimum Gasteiger partial charge on any atom is -0.497 e. The number of hydrogen-bond acceptors (Lipinski definition) is 4. The predicted molar refractivity (Wildman–Crippen MR) is 85.4 cm³/mol. The molecule has 0 bridgehead atoms. The van der Waals surface area contributed by atoms with E-state index < -0.39 is 0 Å². The number of methoxy groups -OCH3 is 2. The van der Waals surface area contributed by atoms with Crippen LogP contribution in [0.2, 0.25) is 0 Å². The topological polar surface area (TPSA) is 60.5 Å². The fourth-order valence-corrected chi connectivity index (χ4v) is 2.10. The van der Waals surface area contributed by atoms with Crippen LogP contribution in [0.25, 0.3) is 11.1 Å². The smallest absolute Gasteiger partial charge is 0.253 e. The molecule has 22 heavy (non-hydrogen) atoms. The molecule has 0 spiro atoms. The van der Waals surface area contributed by atoms with Crippen molar-refractivity contribution < 1.29 is 14.3 Å². The van der Waals surface area contributed by atoms with Crippen molar-refractivity contribution in [2.24, 2.45) is 0 Å². The van der Waals surface area contributed by atoms with Crippen molar-refractivity contribution in [3.8, 4) is 22.6 Å². The van der Waals surface area contributed by atoms with Gasteiger partial charge in [-0.2, -0.15) is 0 Å². The number of benzene rings is 1. The summed E-state index contributed by atoms with van der Waals surface area (Å²) in [6.07, 6.45) is 3.25. The molecule has 1 heterocycles. The van der Waals surface area contributed by atoms with Crippen molar-refractivity contribution >= 4 is 5.91 Å². The van der Waals surface area contributed by atoms with Gasteiger partial charge in [0.25, 0.3) is 5.91 Å². The summed E-state index contributed by atoms with van der Waals surface area (Å²) in [6, 6.07) is 7.38. The maximum absolute atomic E-state index is 12.1. The lowest BCUT2D eigenvalue weighted by atomic mass is 10.0. The van der Waals surface area contributed by atoms with Crippen LogP contribution in [-0.4, -0.2) is 31.2 Å². The van der Waals surface area contributed by atoms with Crippen LogP contribution < -0.4 is 14.8 Å². The summed E-state index contributed by atoms with van der Waals surface area (Å²) in [6.45, 7) is 3.83. The van der Waals surface area contributed by atoms with E-state index in [1.807, 2.05) is 32.0 Å². The van der Waals surface area contributed by atoms with Crippen molar-refractivity contribution in [2.45, 2.75) is 19.9 Å². The molecular weight excluding hydrogens is 280 g/mol. The van der Waals surface area contributed by atoms with Gasteiger partial charge in [-0.05, 0) is 38.1 Å². The van der Waals surface area contributed by atoms with Gasteiger partial charge in [-0.25, -0.2) is 0 Å². The minimum atomic E-state index is -0.147. The molecule has 0 atom stereocenters. The van der Waals surface area contributed by atoms with Crippen molar-refractivity contribution in [3.05, 3.63) is 42.2 Å². The largest absolute Gasteiger partial charge is 0.497 e. The highest BCUT2D eigenvalue weighted by Crippen LogP contribution is 2.33. The number of nitrogens with one attached hydrogen (secondary N) is 1. The van der Waals surface area contributed by atoms with Crippen LogP contribution in [0.4, 0.5) is 0 Å². The molecule has 116 valence electrons. The van der Waals surface area contributed by atoms with E-state index in [9.17, 15) is 4.79 Å². The summed E-state index contributed by atoms with van der Waals surface area (Å²) in [5, 5.41) is 2.85. The third-order valence-corrected chi connectivity index (χ3v) is 3.14. The minimum absolute atomic E-state index is 0.0718. The van der Waals surface area contributed by atoms with E-state index >= 15 is 0 Å². The second-order valence-electron chi connectivity index (χ2n) is 5.16. The van der Waals surface area contributed by atoms with E-state index in [-0.39, 0.29) is 11.9 Å². The zero-order chi connectivity index (χ0) is 16.1. The summed E-state index contributed by atoms with van der Waals surface area (Å²) in [5.74, 6) is 1.27. The Balaban J connectivity index is 2.43. The Bertz CT molecular complexity index is 669. The Morgan fingerprint density at radius 3 is 2.55 bits per heavy atom. The average Bonchev–Trinajstić information content (AvgIpc) is 2.53. The van der Waals surface area contributed by atoms with E-state index in [2.05, 4.69) is 10.3 Å². The maximum atomic E-state index is 12.1. The number of amides is 1. The van der Waals surface area contributed by atoms with Crippen molar-refractivity contribution in [2.75, 3.05) is 14.2 Å². The quantitative estimate of drug-likeness (QED) is 0.922. The molecule has 5 nitrogen and oxygen atoms in total. The number of carbonyl (C=O) groups is 1. The van der Waals surface area contributed by atoms with Crippen LogP contribution in [-0.2, 0) is 0 Å². The van der Waals surface area contributed by atoms with E-state index in [4.69, 9.17) is 9.47 Å². The highest BCUT2D eigenvalue weighted by molar-refractivity contribution is 5.95. The standard InChI is InChI=1S/C17H20N2O3/c1-11(2)19-17(20)13-7-12(9-18-10-13)15-8-14(21-3)5-6-16(15)22-4/h5-11H,1-4H3,(H,19,20). The van der Waals surface area contributed by atoms with E-state index in [0.29, 0.717) is 17.1 Å². The summed E-state index contributed by atoms with van der Waals surface area (Å²) >= 11 is 0. The van der Waals surface area contributed by atoms with Crippen LogP contribution in [0.1, 0.15) is 24.2 Å². The molecule has 1 N–H and O–H groups in total. The third kappa shape index (κ3) is 3.55. The van der Waals surface area contributed by atoms with Crippen LogP contribution in [0.3, 0.4) is 0 Å². The number of hydrogen-bond donors (Lipinski definition) is 1. The Morgan fingerprint density at radius 2 is 1.91 bits per heavy atom. The Hall–Kier alpha value is -2.56. The van der Waals surface area contributed by atoms with Crippen LogP contribution in [0.15, 0.2) is 36.7 Å². The molecule has 0 aliphatic carbocycles. The number of carbonyl (C=O) groups excluding carboxylic acids is 1. The van der Waals surface area contributed by atoms with Gasteiger partial charge in [-0.1, -0.05) is 0 Å². The van der Waals surface area contributed by atoms with Crippen LogP contribution >= 0.6 is 0 Å². The van der Waals surface area contributed by atoms with E-state index in [1.165, 1.54) is 0 Å². The van der Waals surface area contributed by atoms with Gasteiger partial charge in [-0.15, -0.1) is 0 Å². The fourth-order valence-electron chi connectivity index (χ4n) is 2.10. The molecule has 5 heteroatoms. The van der Waals surface area contributed by atoms with Crippen molar-refractivity contribution in [1.82, 2.24) is 10.3 Å². The summed E-state index contributed by atoms with van der Waals surface area (Å²) < 4.78 is 10.6. The maximum Gasteiger partial charge on any atom is 0.253 e. The normalized spacial score (nSPS) is 10.4. The Labute approximate surface area is 130 Å².